The zero-order chi connectivity index (χ0) is 19.2. The van der Waals surface area contributed by atoms with Crippen LogP contribution in [-0.2, 0) is 20.1 Å². The average molecular weight is 367 g/mol. The van der Waals surface area contributed by atoms with Crippen LogP contribution in [-0.4, -0.2) is 63.5 Å². The molecule has 1 fully saturated rings. The molecule has 0 amide bonds. The van der Waals surface area contributed by atoms with Gasteiger partial charge in [-0.15, -0.1) is 10.2 Å². The number of aliphatic hydroxyl groups excluding tert-OH is 1. The summed E-state index contributed by atoms with van der Waals surface area (Å²) in [4.78, 5) is 4.62. The molecule has 6 nitrogen and oxygen atoms in total. The third-order valence-corrected chi connectivity index (χ3v) is 5.08. The number of aromatic nitrogens is 3. The summed E-state index contributed by atoms with van der Waals surface area (Å²) in [6, 6.07) is 8.31. The fourth-order valence-corrected chi connectivity index (χ4v) is 3.59. The standard InChI is InChI=1S/C21H29N5O/c1-24(2)16-20-22-23-21(25(20)3)19-10-12-26(13-11-19)15-18-8-6-17(7-9-18)5-4-14-27/h6-9,19,27H,10-16H2,1-3H3. The van der Waals surface area contributed by atoms with Crippen LogP contribution >= 0.6 is 0 Å². The van der Waals surface area contributed by atoms with Gasteiger partial charge in [-0.3, -0.25) is 4.90 Å². The van der Waals surface area contributed by atoms with Crippen molar-refractivity contribution in [3.05, 3.63) is 47.0 Å². The van der Waals surface area contributed by atoms with E-state index in [0.29, 0.717) is 5.92 Å². The van der Waals surface area contributed by atoms with E-state index in [2.05, 4.69) is 69.7 Å². The first-order valence-electron chi connectivity index (χ1n) is 9.50. The number of piperidine rings is 1. The van der Waals surface area contributed by atoms with Gasteiger partial charge in [0, 0.05) is 25.1 Å². The molecule has 0 atom stereocenters. The summed E-state index contributed by atoms with van der Waals surface area (Å²) >= 11 is 0. The Morgan fingerprint density at radius 1 is 1.15 bits per heavy atom. The Balaban J connectivity index is 1.54. The Labute approximate surface area is 161 Å². The van der Waals surface area contributed by atoms with Gasteiger partial charge in [-0.1, -0.05) is 24.0 Å². The molecule has 0 bridgehead atoms. The predicted octanol–water partition coefficient (Wildman–Crippen LogP) is 1.60. The highest BCUT2D eigenvalue weighted by molar-refractivity contribution is 5.36. The minimum absolute atomic E-state index is 0.0984. The van der Waals surface area contributed by atoms with Crippen LogP contribution in [0.15, 0.2) is 24.3 Å². The lowest BCUT2D eigenvalue weighted by Crippen LogP contribution is -2.33. The van der Waals surface area contributed by atoms with Crippen molar-refractivity contribution in [3.63, 3.8) is 0 Å². The highest BCUT2D eigenvalue weighted by Crippen LogP contribution is 2.27. The summed E-state index contributed by atoms with van der Waals surface area (Å²) in [7, 11) is 6.19. The van der Waals surface area contributed by atoms with E-state index in [4.69, 9.17) is 5.11 Å². The zero-order valence-corrected chi connectivity index (χ0v) is 16.5. The van der Waals surface area contributed by atoms with Crippen LogP contribution in [0.25, 0.3) is 0 Å². The Morgan fingerprint density at radius 3 is 2.48 bits per heavy atom. The van der Waals surface area contributed by atoms with Crippen LogP contribution in [0.5, 0.6) is 0 Å². The molecule has 1 saturated heterocycles. The first-order chi connectivity index (χ1) is 13.1. The molecule has 144 valence electrons. The van der Waals surface area contributed by atoms with Crippen molar-refractivity contribution >= 4 is 0 Å². The second-order valence-corrected chi connectivity index (χ2v) is 7.48. The molecular weight excluding hydrogens is 338 g/mol. The van der Waals surface area contributed by atoms with Gasteiger partial charge in [0.15, 0.2) is 0 Å². The monoisotopic (exact) mass is 367 g/mol. The lowest BCUT2D eigenvalue weighted by atomic mass is 9.95. The van der Waals surface area contributed by atoms with Crippen molar-refractivity contribution < 1.29 is 5.11 Å². The van der Waals surface area contributed by atoms with E-state index in [0.717, 1.165) is 56.2 Å². The third kappa shape index (κ3) is 5.16. The number of rotatable bonds is 5. The van der Waals surface area contributed by atoms with Crippen LogP contribution in [0.4, 0.5) is 0 Å². The molecule has 1 aliphatic rings. The first-order valence-corrected chi connectivity index (χ1v) is 9.50. The lowest BCUT2D eigenvalue weighted by Gasteiger charge is -2.31. The third-order valence-electron chi connectivity index (χ3n) is 5.08. The van der Waals surface area contributed by atoms with Gasteiger partial charge in [-0.05, 0) is 57.7 Å². The molecule has 0 spiro atoms. The maximum Gasteiger partial charge on any atom is 0.146 e. The molecule has 0 saturated carbocycles. The van der Waals surface area contributed by atoms with Crippen LogP contribution in [0.3, 0.4) is 0 Å². The zero-order valence-electron chi connectivity index (χ0n) is 16.5. The number of nitrogens with zero attached hydrogens (tertiary/aromatic N) is 5. The number of hydrogen-bond donors (Lipinski definition) is 1. The van der Waals surface area contributed by atoms with Crippen molar-refractivity contribution in [1.82, 2.24) is 24.6 Å². The smallest absolute Gasteiger partial charge is 0.146 e. The molecule has 2 aromatic rings. The van der Waals surface area contributed by atoms with E-state index >= 15 is 0 Å². The van der Waals surface area contributed by atoms with Gasteiger partial charge in [-0.2, -0.15) is 0 Å². The van der Waals surface area contributed by atoms with Gasteiger partial charge in [0.1, 0.15) is 18.3 Å². The van der Waals surface area contributed by atoms with E-state index in [1.54, 1.807) is 0 Å². The quantitative estimate of drug-likeness (QED) is 0.814. The van der Waals surface area contributed by atoms with Crippen molar-refractivity contribution in [2.75, 3.05) is 33.8 Å². The van der Waals surface area contributed by atoms with Gasteiger partial charge in [-0.25, -0.2) is 0 Å². The Kier molecular flexibility index (Phi) is 6.62. The van der Waals surface area contributed by atoms with Gasteiger partial charge >= 0.3 is 0 Å². The largest absolute Gasteiger partial charge is 0.384 e. The molecule has 6 heteroatoms. The Morgan fingerprint density at radius 2 is 1.85 bits per heavy atom. The first kappa shape index (κ1) is 19.6. The normalized spacial score (nSPS) is 15.7. The minimum Gasteiger partial charge on any atom is -0.384 e. The van der Waals surface area contributed by atoms with Crippen LogP contribution in [0.2, 0.25) is 0 Å². The van der Waals surface area contributed by atoms with E-state index in [1.807, 2.05) is 12.1 Å². The van der Waals surface area contributed by atoms with Crippen molar-refractivity contribution in [2.45, 2.75) is 31.8 Å². The number of aliphatic hydroxyl groups is 1. The molecule has 1 aromatic heterocycles. The summed E-state index contributed by atoms with van der Waals surface area (Å²) in [5.74, 6) is 8.26. The maximum atomic E-state index is 8.77. The van der Waals surface area contributed by atoms with Crippen molar-refractivity contribution in [2.24, 2.45) is 7.05 Å². The molecule has 1 N–H and O–H groups in total. The second-order valence-electron chi connectivity index (χ2n) is 7.48. The molecule has 3 rings (SSSR count). The van der Waals surface area contributed by atoms with Gasteiger partial charge in [0.25, 0.3) is 0 Å². The SMILES string of the molecule is CN(C)Cc1nnc(C2CCN(Cc3ccc(C#CCO)cc3)CC2)n1C. The molecule has 1 aromatic carbocycles. The Hall–Kier alpha value is -2.20. The molecule has 0 radical (unpaired) electrons. The molecule has 0 unspecified atom stereocenters. The van der Waals surface area contributed by atoms with E-state index in [9.17, 15) is 0 Å². The molecule has 1 aliphatic heterocycles. The molecule has 0 aliphatic carbocycles. The van der Waals surface area contributed by atoms with Gasteiger partial charge in [0.05, 0.1) is 6.54 Å². The predicted molar refractivity (Wildman–Crippen MR) is 106 cm³/mol. The number of benzene rings is 1. The van der Waals surface area contributed by atoms with Crippen LogP contribution in [0.1, 0.15) is 41.5 Å². The Bertz CT molecular complexity index is 792. The summed E-state index contributed by atoms with van der Waals surface area (Å²) in [5, 5.41) is 17.6. The molecular formula is C21H29N5O. The topological polar surface area (TPSA) is 57.4 Å². The molecule has 27 heavy (non-hydrogen) atoms. The van der Waals surface area contributed by atoms with E-state index < -0.39 is 0 Å². The highest BCUT2D eigenvalue weighted by Gasteiger charge is 2.25. The summed E-state index contributed by atoms with van der Waals surface area (Å²) in [5.41, 5.74) is 2.25. The fourth-order valence-electron chi connectivity index (χ4n) is 3.59. The highest BCUT2D eigenvalue weighted by atomic mass is 16.2. The van der Waals surface area contributed by atoms with E-state index in [1.165, 1.54) is 5.56 Å². The van der Waals surface area contributed by atoms with E-state index in [-0.39, 0.29) is 6.61 Å². The van der Waals surface area contributed by atoms with Gasteiger partial charge < -0.3 is 14.6 Å². The summed E-state index contributed by atoms with van der Waals surface area (Å²) in [6.07, 6.45) is 2.24. The lowest BCUT2D eigenvalue weighted by molar-refractivity contribution is 0.200. The number of hydrogen-bond acceptors (Lipinski definition) is 5. The second kappa shape index (κ2) is 9.14. The average Bonchev–Trinajstić information content (AvgIpc) is 3.02. The number of likely N-dealkylation sites (tertiary alicyclic amines) is 1. The van der Waals surface area contributed by atoms with Crippen LogP contribution in [0, 0.1) is 11.8 Å². The minimum atomic E-state index is -0.0984. The molecule has 2 heterocycles. The maximum absolute atomic E-state index is 8.77. The van der Waals surface area contributed by atoms with Crippen LogP contribution < -0.4 is 0 Å². The summed E-state index contributed by atoms with van der Waals surface area (Å²) < 4.78 is 2.17. The van der Waals surface area contributed by atoms with Gasteiger partial charge in [0.2, 0.25) is 0 Å². The summed E-state index contributed by atoms with van der Waals surface area (Å²) in [6.45, 7) is 3.84. The van der Waals surface area contributed by atoms with Crippen molar-refractivity contribution in [3.8, 4) is 11.8 Å². The fraction of sp³-hybridized carbons (Fsp3) is 0.524. The van der Waals surface area contributed by atoms with Crippen molar-refractivity contribution in [1.29, 1.82) is 0 Å².